The van der Waals surface area contributed by atoms with E-state index in [9.17, 15) is 53.7 Å². The minimum absolute atomic E-state index is 0.0805. The number of anilines is 1. The van der Waals surface area contributed by atoms with Gasteiger partial charge in [0.05, 0.1) is 30.9 Å². The fourth-order valence-electron chi connectivity index (χ4n) is 11.6. The molecule has 12 atom stereocenters. The van der Waals surface area contributed by atoms with Gasteiger partial charge in [0, 0.05) is 72.2 Å². The molecule has 1 unspecified atom stereocenters. The molecule has 1 aromatic heterocycles. The highest BCUT2D eigenvalue weighted by Crippen LogP contribution is 2.25. The number of amides is 13. The second-order valence-corrected chi connectivity index (χ2v) is 32.1. The molecule has 19 N–H and O–H groups in total. The number of H-pyrrole nitrogens is 1. The molecule has 606 valence electrons. The van der Waals surface area contributed by atoms with E-state index in [2.05, 4.69) is 74.1 Å². The first kappa shape index (κ1) is 89.9. The van der Waals surface area contributed by atoms with Gasteiger partial charge in [-0.3, -0.25) is 43.2 Å². The highest BCUT2D eigenvalue weighted by atomic mass is 33.1. The molecule has 5 aromatic rings. The maximum absolute atomic E-state index is 15.3. The molecule has 1 fully saturated rings. The zero-order valence-corrected chi connectivity index (χ0v) is 66.0. The third kappa shape index (κ3) is 31.4. The Morgan fingerprint density at radius 1 is 0.604 bits per heavy atom. The van der Waals surface area contributed by atoms with Gasteiger partial charge in [0.25, 0.3) is 0 Å². The number of ether oxygens (including phenoxy) is 2. The van der Waals surface area contributed by atoms with E-state index >= 15 is 19.2 Å². The summed E-state index contributed by atoms with van der Waals surface area (Å²) in [5.74, 6) is -8.37. The minimum Gasteiger partial charge on any atom is -0.445 e. The van der Waals surface area contributed by atoms with Crippen LogP contribution in [0.15, 0.2) is 115 Å². The minimum atomic E-state index is -1.80. The monoisotopic (exact) mass is 1580 g/mol. The highest BCUT2D eigenvalue weighted by Gasteiger charge is 2.38. The van der Waals surface area contributed by atoms with E-state index in [0.29, 0.717) is 45.3 Å². The normalized spacial score (nSPS) is 19.4. The second-order valence-electron chi connectivity index (χ2n) is 29.6. The topological polar surface area (TPSA) is 482 Å². The van der Waals surface area contributed by atoms with E-state index in [-0.39, 0.29) is 82.1 Å². The number of aliphatic hydroxyl groups excluding tert-OH is 3. The van der Waals surface area contributed by atoms with Crippen LogP contribution in [0.5, 0.6) is 0 Å². The van der Waals surface area contributed by atoms with E-state index < -0.39 is 162 Å². The van der Waals surface area contributed by atoms with E-state index in [1.54, 1.807) is 130 Å². The molecule has 2 heterocycles. The summed E-state index contributed by atoms with van der Waals surface area (Å²) in [5.41, 5.74) is 7.18. The van der Waals surface area contributed by atoms with Gasteiger partial charge in [0.15, 0.2) is 0 Å². The summed E-state index contributed by atoms with van der Waals surface area (Å²) in [6, 6.07) is 16.0. The number of nitrogens with two attached hydrogens (primary N) is 1. The molecular formula is C77H109N15O17S2. The number of benzene rings is 4. The molecule has 34 heteroatoms. The largest absolute Gasteiger partial charge is 0.445 e. The average molecular weight is 1580 g/mol. The zero-order valence-electron chi connectivity index (χ0n) is 64.3. The highest BCUT2D eigenvalue weighted by molar-refractivity contribution is 8.76. The summed E-state index contributed by atoms with van der Waals surface area (Å²) in [6.45, 7) is 16.3. The van der Waals surface area contributed by atoms with E-state index in [1.807, 2.05) is 40.7 Å². The molecule has 6 rings (SSSR count). The summed E-state index contributed by atoms with van der Waals surface area (Å²) in [7, 11) is 1.85. The lowest BCUT2D eigenvalue weighted by molar-refractivity contribution is -0.136. The SMILES string of the molecule is CC(C)[C@H](NC(C)(C)C)C(=O)N[C@@H](CCCNC(N)=O)C(=O)Nc1ccc(COC(=O)N[C@H](Cc2ccccc2)C(=O)N[C@H]2CSSC[C@@H](C(=O)N[C@H](CO)[C@@H](C)O)NC(=O)C([C@@H](C)O)NC(=O)[C@H](CCCCNC(=O)OC(C)(C)C)NC(=O)[C@@H](Cc3c[nH]c4ccccc34)NC(=O)[C@H](Cc3ccccc3)NC2=O)cc1. The summed E-state index contributed by atoms with van der Waals surface area (Å²) < 4.78 is 11.0. The van der Waals surface area contributed by atoms with Crippen molar-refractivity contribution in [1.82, 2.24) is 68.8 Å². The molecule has 1 aliphatic heterocycles. The molecule has 32 nitrogen and oxygen atoms in total. The van der Waals surface area contributed by atoms with Crippen molar-refractivity contribution in [2.75, 3.05) is 36.5 Å². The number of carbonyl (C=O) groups is 12. The number of rotatable bonds is 31. The Kier molecular flexibility index (Phi) is 35.8. The van der Waals surface area contributed by atoms with Gasteiger partial charge in [-0.05, 0) is 134 Å². The van der Waals surface area contributed by atoms with Gasteiger partial charge < -0.3 is 105 Å². The number of fused-ring (bicyclic) bond motifs is 1. The van der Waals surface area contributed by atoms with Gasteiger partial charge >= 0.3 is 18.2 Å². The van der Waals surface area contributed by atoms with Gasteiger partial charge in [-0.2, -0.15) is 0 Å². The van der Waals surface area contributed by atoms with Crippen molar-refractivity contribution in [1.29, 1.82) is 0 Å². The number of urea groups is 1. The van der Waals surface area contributed by atoms with Crippen molar-refractivity contribution in [2.45, 2.75) is 211 Å². The van der Waals surface area contributed by atoms with E-state index in [1.165, 1.54) is 13.8 Å². The standard InChI is InChI=1S/C77H109N15O17S2/c1-44(2)62(92-76(5,6)7)71(103)84-55(29-21-35-79-73(78)105)64(96)82-51-32-30-49(31-33-51)41-108-75(107)90-57(37-48-24-15-12-16-25-48)67(99)88-60-42-110-111-43-61(70(102)87-59(40-93)45(3)94)89-72(104)63(46(4)95)91-65(97)54(28-19-20-34-80-74(106)109-77(8,9)10)83-68(100)58(38-50-39-81-53-27-18-17-26-52(50)53)86-66(98)56(85-69(60)101)36-47-22-13-11-14-23-47/h11-18,22-27,30-33,39,44-46,54-63,81,92-95H,19-21,28-29,34-38,40-43H2,1-10H3,(H,80,106)(H,82,96)(H,83,100)(H,84,103)(H,85,101)(H,86,98)(H,87,102)(H,88,99)(H,89,104)(H,90,107)(H,91,97)(H3,78,79,105)/t45-,46-,54+,55+,56+,57-,58-,59-,60+,61+,62+,63?/m1/s1. The van der Waals surface area contributed by atoms with Crippen molar-refractivity contribution in [3.05, 3.63) is 138 Å². The Balaban J connectivity index is 1.33. The van der Waals surface area contributed by atoms with Crippen molar-refractivity contribution >= 4 is 110 Å². The lowest BCUT2D eigenvalue weighted by Crippen LogP contribution is -2.62. The smallest absolute Gasteiger partial charge is 0.408 e. The van der Waals surface area contributed by atoms with Gasteiger partial charge in [-0.15, -0.1) is 0 Å². The van der Waals surface area contributed by atoms with Crippen LogP contribution in [-0.2, 0) is 78.5 Å². The van der Waals surface area contributed by atoms with Crippen molar-refractivity contribution in [3.8, 4) is 0 Å². The molecule has 1 aliphatic rings. The van der Waals surface area contributed by atoms with Crippen LogP contribution in [0.2, 0.25) is 0 Å². The van der Waals surface area contributed by atoms with E-state index in [0.717, 1.165) is 21.6 Å². The van der Waals surface area contributed by atoms with Crippen LogP contribution >= 0.6 is 21.6 Å². The van der Waals surface area contributed by atoms with Gasteiger partial charge in [-0.25, -0.2) is 14.4 Å². The van der Waals surface area contributed by atoms with Crippen LogP contribution < -0.4 is 74.9 Å². The van der Waals surface area contributed by atoms with Crippen molar-refractivity contribution in [3.63, 3.8) is 0 Å². The Hall–Kier alpha value is -10.0. The Morgan fingerprint density at radius 2 is 1.21 bits per heavy atom. The third-order valence-electron chi connectivity index (χ3n) is 17.5. The predicted octanol–water partition coefficient (Wildman–Crippen LogP) is 3.01. The molecular weight excluding hydrogens is 1470 g/mol. The first-order chi connectivity index (χ1) is 52.6. The van der Waals surface area contributed by atoms with Crippen molar-refractivity contribution in [2.24, 2.45) is 11.7 Å². The first-order valence-electron chi connectivity index (χ1n) is 36.9. The van der Waals surface area contributed by atoms with Crippen LogP contribution in [0.3, 0.4) is 0 Å². The summed E-state index contributed by atoms with van der Waals surface area (Å²) in [5, 5.41) is 68.1. The number of primary amides is 1. The third-order valence-corrected chi connectivity index (χ3v) is 19.9. The molecule has 1 saturated heterocycles. The summed E-state index contributed by atoms with van der Waals surface area (Å²) in [4.78, 5) is 173. The number of para-hydroxylation sites is 1. The van der Waals surface area contributed by atoms with Crippen molar-refractivity contribution < 1.29 is 82.3 Å². The summed E-state index contributed by atoms with van der Waals surface area (Å²) in [6.07, 6.45) is -2.88. The predicted molar refractivity (Wildman–Crippen MR) is 422 cm³/mol. The molecule has 0 radical (unpaired) electrons. The quantitative estimate of drug-likeness (QED) is 0.0224. The fourth-order valence-corrected chi connectivity index (χ4v) is 13.9. The number of aromatic nitrogens is 1. The maximum Gasteiger partial charge on any atom is 0.408 e. The maximum atomic E-state index is 15.3. The Labute approximate surface area is 654 Å². The molecule has 111 heavy (non-hydrogen) atoms. The van der Waals surface area contributed by atoms with Crippen LogP contribution in [0, 0.1) is 5.92 Å². The van der Waals surface area contributed by atoms with Crippen LogP contribution in [-0.4, -0.2) is 207 Å². The molecule has 13 amide bonds. The first-order valence-corrected chi connectivity index (χ1v) is 39.4. The number of hydrogen-bond donors (Lipinski definition) is 18. The Bertz CT molecular complexity index is 3920. The second kappa shape index (κ2) is 44.1. The number of hydrogen-bond acceptors (Lipinski definition) is 20. The number of alkyl carbamates (subject to hydrolysis) is 2. The summed E-state index contributed by atoms with van der Waals surface area (Å²) >= 11 is 0. The number of aromatic amines is 1. The number of unbranched alkanes of at least 4 members (excludes halogenated alkanes) is 1. The number of nitrogens with one attached hydrogen (secondary N) is 14. The molecule has 0 aliphatic carbocycles. The van der Waals surface area contributed by atoms with Crippen LogP contribution in [0.1, 0.15) is 124 Å². The lowest BCUT2D eigenvalue weighted by atomic mass is 9.98. The molecule has 0 spiro atoms. The molecule has 0 saturated carbocycles. The van der Waals surface area contributed by atoms with Gasteiger partial charge in [0.2, 0.25) is 53.2 Å². The van der Waals surface area contributed by atoms with Crippen LogP contribution in [0.25, 0.3) is 10.9 Å². The fraction of sp³-hybridized carbons (Fsp3) is 0.506. The molecule has 4 aromatic carbocycles. The Morgan fingerprint density at radius 3 is 1.83 bits per heavy atom. The number of aliphatic hydroxyl groups is 3. The number of carbonyl (C=O) groups excluding carboxylic acids is 12. The average Bonchev–Trinajstić information content (AvgIpc) is 1.73. The van der Waals surface area contributed by atoms with Gasteiger partial charge in [-0.1, -0.05) is 126 Å². The van der Waals surface area contributed by atoms with Crippen LogP contribution in [0.4, 0.5) is 20.1 Å². The zero-order chi connectivity index (χ0) is 81.5. The molecule has 0 bridgehead atoms. The lowest BCUT2D eigenvalue weighted by Gasteiger charge is -2.31. The van der Waals surface area contributed by atoms with Gasteiger partial charge in [0.1, 0.15) is 60.5 Å². The van der Waals surface area contributed by atoms with E-state index in [4.69, 9.17) is 15.2 Å².